The molecule has 0 bridgehead atoms. The summed E-state index contributed by atoms with van der Waals surface area (Å²) in [5, 5.41) is -1.39. The van der Waals surface area contributed by atoms with Gasteiger partial charge in [-0.25, -0.2) is 0 Å². The molecule has 0 rings (SSSR count). The Kier molecular flexibility index (Phi) is 7.82. The zero-order valence-corrected chi connectivity index (χ0v) is 11.4. The molecule has 4 nitrogen and oxygen atoms in total. The molecule has 8 heteroatoms. The first kappa shape index (κ1) is 18.0. The molecular formula is C11H16ClF3O4. The average molecular weight is 305 g/mol. The van der Waals surface area contributed by atoms with Gasteiger partial charge in [-0.15, -0.1) is 11.6 Å². The summed E-state index contributed by atoms with van der Waals surface area (Å²) in [4.78, 5) is 23.0. The van der Waals surface area contributed by atoms with Crippen molar-refractivity contribution < 1.29 is 32.2 Å². The molecule has 0 heterocycles. The standard InChI is InChI=1S/C11H16ClF3O4/c1-3-18-9(16)8(10(17)19-4-2)5-7(12)6-11(13,14)15/h7-8H,3-6H2,1-2H3. The first-order valence-electron chi connectivity index (χ1n) is 5.75. The summed E-state index contributed by atoms with van der Waals surface area (Å²) in [5.74, 6) is -3.27. The van der Waals surface area contributed by atoms with E-state index in [9.17, 15) is 22.8 Å². The van der Waals surface area contributed by atoms with Crippen LogP contribution in [0.5, 0.6) is 0 Å². The minimum Gasteiger partial charge on any atom is -0.465 e. The Hall–Kier alpha value is -0.980. The van der Waals surface area contributed by atoms with Gasteiger partial charge >= 0.3 is 18.1 Å². The van der Waals surface area contributed by atoms with Gasteiger partial charge in [0.25, 0.3) is 0 Å². The van der Waals surface area contributed by atoms with Gasteiger partial charge in [-0.2, -0.15) is 13.2 Å². The van der Waals surface area contributed by atoms with Crippen molar-refractivity contribution in [3.8, 4) is 0 Å². The second kappa shape index (κ2) is 8.24. The van der Waals surface area contributed by atoms with E-state index in [4.69, 9.17) is 11.6 Å². The van der Waals surface area contributed by atoms with Gasteiger partial charge in [0, 0.05) is 5.38 Å². The van der Waals surface area contributed by atoms with Crippen LogP contribution in [0.4, 0.5) is 13.2 Å². The number of hydrogen-bond donors (Lipinski definition) is 0. The van der Waals surface area contributed by atoms with Crippen LogP contribution in [0.15, 0.2) is 0 Å². The molecule has 0 saturated carbocycles. The van der Waals surface area contributed by atoms with Crippen molar-refractivity contribution in [2.75, 3.05) is 13.2 Å². The smallest absolute Gasteiger partial charge is 0.390 e. The fraction of sp³-hybridized carbons (Fsp3) is 0.818. The average Bonchev–Trinajstić information content (AvgIpc) is 2.24. The summed E-state index contributed by atoms with van der Waals surface area (Å²) in [7, 11) is 0. The highest BCUT2D eigenvalue weighted by atomic mass is 35.5. The third-order valence-electron chi connectivity index (χ3n) is 2.09. The lowest BCUT2D eigenvalue weighted by Gasteiger charge is -2.18. The van der Waals surface area contributed by atoms with E-state index in [0.717, 1.165) is 0 Å². The Balaban J connectivity index is 4.66. The molecule has 19 heavy (non-hydrogen) atoms. The molecule has 0 aliphatic rings. The highest BCUT2D eigenvalue weighted by Gasteiger charge is 2.37. The minimum absolute atomic E-state index is 0.0148. The summed E-state index contributed by atoms with van der Waals surface area (Å²) >= 11 is 5.51. The van der Waals surface area contributed by atoms with Gasteiger partial charge in [0.1, 0.15) is 0 Å². The zero-order valence-electron chi connectivity index (χ0n) is 10.6. The third-order valence-corrected chi connectivity index (χ3v) is 2.42. The molecule has 0 fully saturated rings. The number of hydrogen-bond acceptors (Lipinski definition) is 4. The van der Waals surface area contributed by atoms with Crippen LogP contribution < -0.4 is 0 Å². The maximum Gasteiger partial charge on any atom is 0.390 e. The molecule has 0 spiro atoms. The van der Waals surface area contributed by atoms with Crippen LogP contribution in [0.25, 0.3) is 0 Å². The molecule has 0 aliphatic carbocycles. The number of rotatable bonds is 7. The lowest BCUT2D eigenvalue weighted by Crippen LogP contribution is -2.31. The van der Waals surface area contributed by atoms with E-state index in [2.05, 4.69) is 9.47 Å². The van der Waals surface area contributed by atoms with Crippen molar-refractivity contribution >= 4 is 23.5 Å². The van der Waals surface area contributed by atoms with Crippen LogP contribution in [-0.4, -0.2) is 36.7 Å². The fourth-order valence-corrected chi connectivity index (χ4v) is 1.72. The van der Waals surface area contributed by atoms with Gasteiger partial charge in [0.15, 0.2) is 5.92 Å². The lowest BCUT2D eigenvalue weighted by atomic mass is 10.0. The summed E-state index contributed by atoms with van der Waals surface area (Å²) in [6.45, 7) is 3.07. The van der Waals surface area contributed by atoms with Crippen molar-refractivity contribution in [1.82, 2.24) is 0 Å². The normalized spacial score (nSPS) is 13.2. The van der Waals surface area contributed by atoms with Crippen LogP contribution in [0, 0.1) is 5.92 Å². The van der Waals surface area contributed by atoms with Crippen LogP contribution in [0.3, 0.4) is 0 Å². The number of halogens is 4. The molecule has 0 aliphatic heterocycles. The molecule has 0 saturated heterocycles. The van der Waals surface area contributed by atoms with Gasteiger partial charge in [0.05, 0.1) is 19.6 Å². The van der Waals surface area contributed by atoms with Crippen LogP contribution in [0.2, 0.25) is 0 Å². The van der Waals surface area contributed by atoms with Gasteiger partial charge < -0.3 is 9.47 Å². The van der Waals surface area contributed by atoms with E-state index in [-0.39, 0.29) is 13.2 Å². The molecule has 0 N–H and O–H groups in total. The topological polar surface area (TPSA) is 52.6 Å². The third kappa shape index (κ3) is 7.92. The summed E-state index contributed by atoms with van der Waals surface area (Å²) < 4.78 is 45.7. The molecule has 0 aromatic heterocycles. The van der Waals surface area contributed by atoms with Crippen LogP contribution in [-0.2, 0) is 19.1 Å². The number of carbonyl (C=O) groups excluding carboxylic acids is 2. The largest absolute Gasteiger partial charge is 0.465 e. The monoisotopic (exact) mass is 304 g/mol. The predicted molar refractivity (Wildman–Crippen MR) is 61.7 cm³/mol. The summed E-state index contributed by atoms with van der Waals surface area (Å²) in [5.41, 5.74) is 0. The second-order valence-corrected chi connectivity index (χ2v) is 4.33. The van der Waals surface area contributed by atoms with Gasteiger partial charge in [-0.1, -0.05) is 0 Å². The molecule has 0 amide bonds. The van der Waals surface area contributed by atoms with E-state index < -0.39 is 42.3 Å². The highest BCUT2D eigenvalue weighted by molar-refractivity contribution is 6.21. The first-order chi connectivity index (χ1) is 8.71. The van der Waals surface area contributed by atoms with E-state index >= 15 is 0 Å². The summed E-state index contributed by atoms with van der Waals surface area (Å²) in [6, 6.07) is 0. The highest BCUT2D eigenvalue weighted by Crippen LogP contribution is 2.28. The predicted octanol–water partition coefficient (Wildman–Crippen LogP) is 2.68. The van der Waals surface area contributed by atoms with E-state index in [0.29, 0.717) is 0 Å². The van der Waals surface area contributed by atoms with Gasteiger partial charge in [-0.3, -0.25) is 9.59 Å². The molecule has 0 aromatic rings. The molecule has 0 radical (unpaired) electrons. The van der Waals surface area contributed by atoms with Crippen molar-refractivity contribution in [2.24, 2.45) is 5.92 Å². The van der Waals surface area contributed by atoms with Crippen molar-refractivity contribution in [1.29, 1.82) is 0 Å². The Bertz CT molecular complexity index is 289. The maximum atomic E-state index is 12.1. The van der Waals surface area contributed by atoms with Crippen molar-refractivity contribution in [3.63, 3.8) is 0 Å². The van der Waals surface area contributed by atoms with Gasteiger partial charge in [0.2, 0.25) is 0 Å². The Morgan fingerprint density at radius 3 is 1.84 bits per heavy atom. The Morgan fingerprint density at radius 2 is 1.53 bits per heavy atom. The minimum atomic E-state index is -4.46. The number of carbonyl (C=O) groups is 2. The molecular weight excluding hydrogens is 289 g/mol. The Morgan fingerprint density at radius 1 is 1.11 bits per heavy atom. The fourth-order valence-electron chi connectivity index (χ4n) is 1.36. The zero-order chi connectivity index (χ0) is 15.1. The SMILES string of the molecule is CCOC(=O)C(CC(Cl)CC(F)(F)F)C(=O)OCC. The van der Waals surface area contributed by atoms with E-state index in [1.807, 2.05) is 0 Å². The number of esters is 2. The number of alkyl halides is 4. The molecule has 1 unspecified atom stereocenters. The lowest BCUT2D eigenvalue weighted by molar-refractivity contribution is -0.163. The Labute approximate surface area is 114 Å². The molecule has 1 atom stereocenters. The van der Waals surface area contributed by atoms with Crippen molar-refractivity contribution in [2.45, 2.75) is 38.2 Å². The van der Waals surface area contributed by atoms with Crippen molar-refractivity contribution in [3.05, 3.63) is 0 Å². The quantitative estimate of drug-likeness (QED) is 0.412. The first-order valence-corrected chi connectivity index (χ1v) is 6.19. The second-order valence-electron chi connectivity index (χ2n) is 3.71. The van der Waals surface area contributed by atoms with Gasteiger partial charge in [-0.05, 0) is 20.3 Å². The van der Waals surface area contributed by atoms with Crippen LogP contribution in [0.1, 0.15) is 26.7 Å². The number of ether oxygens (including phenoxy) is 2. The van der Waals surface area contributed by atoms with E-state index in [1.165, 1.54) is 13.8 Å². The maximum absolute atomic E-state index is 12.1. The molecule has 0 aromatic carbocycles. The van der Waals surface area contributed by atoms with E-state index in [1.54, 1.807) is 0 Å². The summed E-state index contributed by atoms with van der Waals surface area (Å²) in [6.07, 6.45) is -6.22. The van der Waals surface area contributed by atoms with Crippen LogP contribution >= 0.6 is 11.6 Å². The molecule has 112 valence electrons.